The Bertz CT molecular complexity index is 966. The summed E-state index contributed by atoms with van der Waals surface area (Å²) in [6.45, 7) is 0. The summed E-state index contributed by atoms with van der Waals surface area (Å²) in [6, 6.07) is 19.9. The van der Waals surface area contributed by atoms with Gasteiger partial charge >= 0.3 is 0 Å². The van der Waals surface area contributed by atoms with Gasteiger partial charge in [0.2, 0.25) is 0 Å². The fourth-order valence-electron chi connectivity index (χ4n) is 3.62. The van der Waals surface area contributed by atoms with Crippen LogP contribution >= 0.6 is 0 Å². The second kappa shape index (κ2) is 6.91. The summed E-state index contributed by atoms with van der Waals surface area (Å²) in [5.41, 5.74) is 1.79. The molecule has 3 nitrogen and oxygen atoms in total. The Kier molecular flexibility index (Phi) is 4.51. The van der Waals surface area contributed by atoms with Crippen LogP contribution in [0.5, 0.6) is 0 Å². The largest absolute Gasteiger partial charge is 0.319 e. The smallest absolute Gasteiger partial charge is 0.174 e. The van der Waals surface area contributed by atoms with Crippen molar-refractivity contribution in [3.63, 3.8) is 0 Å². The fourth-order valence-corrected chi connectivity index (χ4v) is 3.62. The Labute approximate surface area is 141 Å². The van der Waals surface area contributed by atoms with Crippen molar-refractivity contribution in [2.24, 2.45) is 4.99 Å². The molecule has 1 saturated carbocycles. The number of para-hydroxylation sites is 2. The van der Waals surface area contributed by atoms with Crippen LogP contribution in [0.1, 0.15) is 32.1 Å². The standard InChI is InChI=1S/C21H21N2O.No/c24-21-15-19(22-16-9-3-1-4-10-16)18-13-7-8-14-20(18)23(21)17-11-5-2-6-12-17;/h2,5-8,11-16H,1,3-4,9-10H2;/q-1;. The molecular weight excluding hydrogens is 555 g/mol. The number of hydrogen-bond acceptors (Lipinski definition) is 2. The van der Waals surface area contributed by atoms with Gasteiger partial charge in [-0.25, -0.2) is 0 Å². The molecule has 0 N–H and O–H groups in total. The topological polar surface area (TPSA) is 34.4 Å². The van der Waals surface area contributed by atoms with Gasteiger partial charge in [-0.3, -0.25) is 4.79 Å². The summed E-state index contributed by atoms with van der Waals surface area (Å²) in [6.07, 6.45) is 6.06. The Morgan fingerprint density at radius 3 is 2.36 bits per heavy atom. The first-order valence-corrected chi connectivity index (χ1v) is 8.74. The Morgan fingerprint density at radius 1 is 0.920 bits per heavy atom. The minimum absolute atomic E-state index is 0. The van der Waals surface area contributed by atoms with Gasteiger partial charge in [-0.2, -0.15) is 0 Å². The van der Waals surface area contributed by atoms with Crippen LogP contribution in [0.2, 0.25) is 0 Å². The third kappa shape index (κ3) is 3.09. The minimum Gasteiger partial charge on any atom is -0.319 e. The molecule has 0 unspecified atom stereocenters. The van der Waals surface area contributed by atoms with Crippen LogP contribution in [0.25, 0.3) is 16.6 Å². The molecule has 0 spiro atoms. The van der Waals surface area contributed by atoms with Crippen molar-refractivity contribution in [1.29, 1.82) is 0 Å². The Hall–Kier alpha value is -3.55. The SMILES string of the molecule is O=c1[cH-]c(=NC2CCCCC2)c2ccccc2n1-c1ccccc1.[No]. The number of nitrogens with zero attached hydrogens (tertiary/aromatic N) is 2. The van der Waals surface area contributed by atoms with E-state index in [2.05, 4.69) is 6.07 Å². The van der Waals surface area contributed by atoms with E-state index in [0.717, 1.165) is 34.8 Å². The van der Waals surface area contributed by atoms with Crippen molar-refractivity contribution in [2.45, 2.75) is 38.1 Å². The molecule has 1 aliphatic carbocycles. The second-order valence-electron chi connectivity index (χ2n) is 6.48. The van der Waals surface area contributed by atoms with Gasteiger partial charge in [-0.05, 0) is 30.5 Å². The molecule has 1 fully saturated rings. The van der Waals surface area contributed by atoms with Crippen molar-refractivity contribution in [3.8, 4) is 5.69 Å². The van der Waals surface area contributed by atoms with Crippen LogP contribution in [0.15, 0.2) is 70.5 Å². The van der Waals surface area contributed by atoms with Gasteiger partial charge in [0.05, 0.1) is 0 Å². The maximum Gasteiger partial charge on any atom is 0.174 e. The van der Waals surface area contributed by atoms with E-state index in [4.69, 9.17) is 4.99 Å². The summed E-state index contributed by atoms with van der Waals surface area (Å²) in [5, 5.41) is 1.89. The van der Waals surface area contributed by atoms with Gasteiger partial charge in [0.15, 0.2) is 5.56 Å². The third-order valence-electron chi connectivity index (χ3n) is 4.81. The molecule has 0 aliphatic heterocycles. The first-order chi connectivity index (χ1) is 11.8. The third-order valence-corrected chi connectivity index (χ3v) is 4.81. The summed E-state index contributed by atoms with van der Waals surface area (Å²) in [7, 11) is 0. The summed E-state index contributed by atoms with van der Waals surface area (Å²) in [5.74, 6) is 0. The van der Waals surface area contributed by atoms with Gasteiger partial charge in [0, 0.05) is 11.7 Å². The van der Waals surface area contributed by atoms with E-state index in [9.17, 15) is 4.79 Å². The zero-order valence-corrected chi connectivity index (χ0v) is 16.2. The number of rotatable bonds is 2. The van der Waals surface area contributed by atoms with Crippen molar-refractivity contribution in [3.05, 3.63) is 76.4 Å². The van der Waals surface area contributed by atoms with Crippen LogP contribution in [0, 0.1) is 0 Å². The second-order valence-corrected chi connectivity index (χ2v) is 6.48. The van der Waals surface area contributed by atoms with Crippen molar-refractivity contribution in [2.75, 3.05) is 0 Å². The van der Waals surface area contributed by atoms with E-state index in [1.165, 1.54) is 19.3 Å². The molecule has 2 aromatic carbocycles. The maximum atomic E-state index is 12.8. The van der Waals surface area contributed by atoms with E-state index >= 15 is 0 Å². The molecule has 3 aromatic rings. The van der Waals surface area contributed by atoms with E-state index in [-0.39, 0.29) is 5.56 Å². The molecule has 4 heteroatoms. The van der Waals surface area contributed by atoms with Crippen LogP contribution < -0.4 is 10.9 Å². The van der Waals surface area contributed by atoms with Crippen molar-refractivity contribution in [1.82, 2.24) is 4.57 Å². The van der Waals surface area contributed by atoms with Gasteiger partial charge in [-0.15, -0.1) is 17.5 Å². The number of fused-ring (bicyclic) bond motifs is 1. The van der Waals surface area contributed by atoms with Crippen LogP contribution in [0.4, 0.5) is 0 Å². The predicted molar refractivity (Wildman–Crippen MR) is 97.6 cm³/mol. The molecule has 1 heterocycles. The number of benzene rings is 2. The Balaban J connectivity index is 0.00000182. The molecule has 0 atom stereocenters. The first kappa shape index (κ1) is 16.3. The number of hydrogen-bond donors (Lipinski definition) is 0. The van der Waals surface area contributed by atoms with Crippen molar-refractivity contribution >= 4 is 10.9 Å². The normalized spacial score (nSPS) is 15.9. The molecule has 0 saturated heterocycles. The fraction of sp³-hybridized carbons (Fsp3) is 0.286. The van der Waals surface area contributed by atoms with Gasteiger partial charge in [-0.1, -0.05) is 61.0 Å². The molecule has 4 rings (SSSR count). The van der Waals surface area contributed by atoms with Crippen molar-refractivity contribution < 1.29 is 0 Å². The summed E-state index contributed by atoms with van der Waals surface area (Å²) >= 11 is 0. The van der Waals surface area contributed by atoms with Gasteiger partial charge < -0.3 is 9.56 Å². The van der Waals surface area contributed by atoms with Crippen LogP contribution in [-0.2, 0) is 0 Å². The molecule has 1 aromatic heterocycles. The van der Waals surface area contributed by atoms with E-state index in [1.807, 2.05) is 48.5 Å². The molecular formula is C21H21N2NoO-. The monoisotopic (exact) mass is 576 g/mol. The average molecular weight is 576 g/mol. The average Bonchev–Trinajstić information content (AvgIpc) is 2.63. The maximum absolute atomic E-state index is 12.8. The molecule has 136 valence electrons. The zero-order valence-electron chi connectivity index (χ0n) is 14.0. The number of pyridine rings is 1. The molecule has 0 bridgehead atoms. The van der Waals surface area contributed by atoms with E-state index < -0.39 is 0 Å². The summed E-state index contributed by atoms with van der Waals surface area (Å²) < 4.78 is 1.77. The predicted octanol–water partition coefficient (Wildman–Crippen LogP) is 3.94. The molecule has 1 aliphatic rings. The van der Waals surface area contributed by atoms with Gasteiger partial charge in [0.1, 0.15) is 0 Å². The van der Waals surface area contributed by atoms with Crippen LogP contribution in [-0.4, -0.2) is 10.6 Å². The Morgan fingerprint density at radius 2 is 1.60 bits per heavy atom. The van der Waals surface area contributed by atoms with E-state index in [0.29, 0.717) is 6.04 Å². The summed E-state index contributed by atoms with van der Waals surface area (Å²) in [4.78, 5) is 17.7. The van der Waals surface area contributed by atoms with E-state index in [1.54, 1.807) is 10.6 Å². The molecule has 0 amide bonds. The quantitative estimate of drug-likeness (QED) is 0.426. The first-order valence-electron chi connectivity index (χ1n) is 8.74. The zero-order chi connectivity index (χ0) is 16.4. The number of aromatic nitrogens is 1. The molecule has 25 heavy (non-hydrogen) atoms. The van der Waals surface area contributed by atoms with Gasteiger partial charge in [0.25, 0.3) is 0 Å². The minimum atomic E-state index is -0.0190. The van der Waals surface area contributed by atoms with Crippen LogP contribution in [0.3, 0.4) is 0 Å². The molecule has 0 radical (unpaired) electrons.